The second-order valence-electron chi connectivity index (χ2n) is 6.97. The molecule has 2 fully saturated rings. The average Bonchev–Trinajstić information content (AvgIpc) is 2.62. The molecule has 0 bridgehead atoms. The standard InChI is InChI=1S/C17H25N3O5S/c1-19-7-5-17(6-8-19)12-20(9-10-25-17)16(21)14-11-13(26(18,22)23)3-4-15(14)24-2/h3-4,11H,5-10,12H2,1-2H3,(H2,18,22,23). The molecule has 3 rings (SSSR count). The van der Waals surface area contributed by atoms with Crippen molar-refractivity contribution >= 4 is 15.9 Å². The third kappa shape index (κ3) is 3.85. The molecule has 1 amide bonds. The molecule has 0 unspecified atom stereocenters. The lowest BCUT2D eigenvalue weighted by Crippen LogP contribution is -2.57. The lowest BCUT2D eigenvalue weighted by Gasteiger charge is -2.46. The maximum atomic E-state index is 13.1. The van der Waals surface area contributed by atoms with E-state index in [1.807, 2.05) is 0 Å². The van der Waals surface area contributed by atoms with Crippen LogP contribution in [0.5, 0.6) is 5.75 Å². The maximum Gasteiger partial charge on any atom is 0.257 e. The molecule has 2 saturated heterocycles. The van der Waals surface area contributed by atoms with Crippen LogP contribution in [0.2, 0.25) is 0 Å². The number of amides is 1. The molecule has 2 heterocycles. The van der Waals surface area contributed by atoms with Crippen molar-refractivity contribution in [1.82, 2.24) is 9.80 Å². The summed E-state index contributed by atoms with van der Waals surface area (Å²) in [6, 6.07) is 4.08. The lowest BCUT2D eigenvalue weighted by atomic mass is 9.89. The molecule has 9 heteroatoms. The SMILES string of the molecule is COc1ccc(S(N)(=O)=O)cc1C(=O)N1CCOC2(CCN(C)CC2)C1. The van der Waals surface area contributed by atoms with Crippen LogP contribution in [0.4, 0.5) is 0 Å². The Hall–Kier alpha value is -1.68. The van der Waals surface area contributed by atoms with Gasteiger partial charge in [-0.15, -0.1) is 0 Å². The van der Waals surface area contributed by atoms with Gasteiger partial charge in [-0.1, -0.05) is 0 Å². The monoisotopic (exact) mass is 383 g/mol. The number of nitrogens with zero attached hydrogens (tertiary/aromatic N) is 2. The van der Waals surface area contributed by atoms with E-state index in [4.69, 9.17) is 14.6 Å². The zero-order valence-corrected chi connectivity index (χ0v) is 15.9. The number of morpholine rings is 1. The van der Waals surface area contributed by atoms with Crippen LogP contribution in [0.3, 0.4) is 0 Å². The first-order valence-electron chi connectivity index (χ1n) is 8.57. The maximum absolute atomic E-state index is 13.1. The first-order valence-corrected chi connectivity index (χ1v) is 10.1. The summed E-state index contributed by atoms with van der Waals surface area (Å²) >= 11 is 0. The summed E-state index contributed by atoms with van der Waals surface area (Å²) in [5.74, 6) is 0.0558. The second-order valence-corrected chi connectivity index (χ2v) is 8.53. The van der Waals surface area contributed by atoms with Gasteiger partial charge in [-0.3, -0.25) is 4.79 Å². The summed E-state index contributed by atoms with van der Waals surface area (Å²) in [6.07, 6.45) is 1.73. The van der Waals surface area contributed by atoms with Crippen LogP contribution in [0.25, 0.3) is 0 Å². The summed E-state index contributed by atoms with van der Waals surface area (Å²) < 4.78 is 34.6. The Kier molecular flexibility index (Phi) is 5.25. The average molecular weight is 383 g/mol. The number of sulfonamides is 1. The van der Waals surface area contributed by atoms with E-state index < -0.39 is 10.0 Å². The van der Waals surface area contributed by atoms with Crippen LogP contribution < -0.4 is 9.88 Å². The van der Waals surface area contributed by atoms with Crippen LogP contribution in [0.15, 0.2) is 23.1 Å². The number of nitrogens with two attached hydrogens (primary N) is 1. The smallest absolute Gasteiger partial charge is 0.257 e. The number of carbonyl (C=O) groups is 1. The van der Waals surface area contributed by atoms with Gasteiger partial charge < -0.3 is 19.3 Å². The van der Waals surface area contributed by atoms with Gasteiger partial charge in [-0.2, -0.15) is 0 Å². The Morgan fingerprint density at radius 3 is 2.58 bits per heavy atom. The number of hydrogen-bond acceptors (Lipinski definition) is 6. The summed E-state index contributed by atoms with van der Waals surface area (Å²) in [6.45, 7) is 3.26. The van der Waals surface area contributed by atoms with E-state index in [1.54, 1.807) is 4.90 Å². The fourth-order valence-corrected chi connectivity index (χ4v) is 4.09. The first kappa shape index (κ1) is 19.1. The van der Waals surface area contributed by atoms with Crippen LogP contribution in [0.1, 0.15) is 23.2 Å². The molecule has 2 N–H and O–H groups in total. The van der Waals surface area contributed by atoms with Crippen LogP contribution in [-0.2, 0) is 14.8 Å². The molecule has 1 aromatic carbocycles. The highest BCUT2D eigenvalue weighted by atomic mass is 32.2. The third-order valence-corrected chi connectivity index (χ3v) is 6.07. The fourth-order valence-electron chi connectivity index (χ4n) is 3.55. The highest BCUT2D eigenvalue weighted by Crippen LogP contribution is 2.31. The fraction of sp³-hybridized carbons (Fsp3) is 0.588. The van der Waals surface area contributed by atoms with Gasteiger partial charge >= 0.3 is 0 Å². The lowest BCUT2D eigenvalue weighted by molar-refractivity contribution is -0.125. The minimum atomic E-state index is -3.90. The zero-order chi connectivity index (χ0) is 18.9. The van der Waals surface area contributed by atoms with Gasteiger partial charge in [0, 0.05) is 19.6 Å². The van der Waals surface area contributed by atoms with Gasteiger partial charge in [0.15, 0.2) is 0 Å². The van der Waals surface area contributed by atoms with Crippen LogP contribution in [0, 0.1) is 0 Å². The number of methoxy groups -OCH3 is 1. The molecular formula is C17H25N3O5S. The molecule has 26 heavy (non-hydrogen) atoms. The number of benzene rings is 1. The Morgan fingerprint density at radius 1 is 1.27 bits per heavy atom. The topological polar surface area (TPSA) is 102 Å². The van der Waals surface area contributed by atoms with Crippen molar-refractivity contribution in [3.63, 3.8) is 0 Å². The second kappa shape index (κ2) is 7.15. The van der Waals surface area contributed by atoms with Crippen molar-refractivity contribution in [2.24, 2.45) is 5.14 Å². The number of ether oxygens (including phenoxy) is 2. The molecule has 144 valence electrons. The summed E-state index contributed by atoms with van der Waals surface area (Å²) in [4.78, 5) is 17.0. The van der Waals surface area contributed by atoms with E-state index >= 15 is 0 Å². The molecule has 1 aromatic rings. The number of piperidine rings is 1. The first-order chi connectivity index (χ1) is 12.2. The molecule has 1 spiro atoms. The van der Waals surface area contributed by atoms with Crippen LogP contribution in [-0.4, -0.2) is 76.7 Å². The molecule has 8 nitrogen and oxygen atoms in total. The molecule has 0 aromatic heterocycles. The van der Waals surface area contributed by atoms with Crippen molar-refractivity contribution in [2.45, 2.75) is 23.3 Å². The minimum Gasteiger partial charge on any atom is -0.496 e. The minimum absolute atomic E-state index is 0.107. The van der Waals surface area contributed by atoms with Crippen molar-refractivity contribution in [3.05, 3.63) is 23.8 Å². The number of likely N-dealkylation sites (tertiary alicyclic amines) is 1. The molecular weight excluding hydrogens is 358 g/mol. The van der Waals surface area contributed by atoms with E-state index in [0.717, 1.165) is 25.9 Å². The van der Waals surface area contributed by atoms with Crippen molar-refractivity contribution in [1.29, 1.82) is 0 Å². The van der Waals surface area contributed by atoms with Gasteiger partial charge in [-0.25, -0.2) is 13.6 Å². The number of carbonyl (C=O) groups excluding carboxylic acids is 1. The molecule has 2 aliphatic heterocycles. The van der Waals surface area contributed by atoms with Crippen LogP contribution >= 0.6 is 0 Å². The Morgan fingerprint density at radius 2 is 1.96 bits per heavy atom. The van der Waals surface area contributed by atoms with Gasteiger partial charge in [-0.05, 0) is 38.1 Å². The van der Waals surface area contributed by atoms with Gasteiger partial charge in [0.2, 0.25) is 10.0 Å². The Balaban J connectivity index is 1.86. The molecule has 0 saturated carbocycles. The largest absolute Gasteiger partial charge is 0.496 e. The Labute approximate surface area is 153 Å². The van der Waals surface area contributed by atoms with E-state index in [2.05, 4.69) is 11.9 Å². The summed E-state index contributed by atoms with van der Waals surface area (Å²) in [5.41, 5.74) is -0.130. The van der Waals surface area contributed by atoms with Gasteiger partial charge in [0.25, 0.3) is 5.91 Å². The molecule has 0 aliphatic carbocycles. The predicted molar refractivity (Wildman–Crippen MR) is 95.7 cm³/mol. The predicted octanol–water partition coefficient (Wildman–Crippen LogP) is 0.279. The van der Waals surface area contributed by atoms with Crippen molar-refractivity contribution in [3.8, 4) is 5.75 Å². The zero-order valence-electron chi connectivity index (χ0n) is 15.1. The Bertz CT molecular complexity index is 788. The van der Waals surface area contributed by atoms with E-state index in [9.17, 15) is 13.2 Å². The van der Waals surface area contributed by atoms with Gasteiger partial charge in [0.1, 0.15) is 5.75 Å². The summed E-state index contributed by atoms with van der Waals surface area (Å²) in [5, 5.41) is 5.20. The normalized spacial score (nSPS) is 21.0. The highest BCUT2D eigenvalue weighted by molar-refractivity contribution is 7.89. The summed E-state index contributed by atoms with van der Waals surface area (Å²) in [7, 11) is -0.388. The van der Waals surface area contributed by atoms with Crippen molar-refractivity contribution < 1.29 is 22.7 Å². The molecule has 0 radical (unpaired) electrons. The molecule has 2 aliphatic rings. The number of primary sulfonamides is 1. The number of rotatable bonds is 3. The third-order valence-electron chi connectivity index (χ3n) is 5.16. The van der Waals surface area contributed by atoms with Gasteiger partial charge in [0.05, 0.1) is 36.3 Å². The van der Waals surface area contributed by atoms with E-state index in [1.165, 1.54) is 25.3 Å². The molecule has 0 atom stereocenters. The quantitative estimate of drug-likeness (QED) is 0.804. The van der Waals surface area contributed by atoms with E-state index in [-0.39, 0.29) is 22.0 Å². The highest BCUT2D eigenvalue weighted by Gasteiger charge is 2.41. The van der Waals surface area contributed by atoms with Crippen molar-refractivity contribution in [2.75, 3.05) is 46.9 Å². The van der Waals surface area contributed by atoms with E-state index in [0.29, 0.717) is 25.4 Å². The number of hydrogen-bond donors (Lipinski definition) is 1.